The van der Waals surface area contributed by atoms with Gasteiger partial charge < -0.3 is 35.7 Å². The van der Waals surface area contributed by atoms with Crippen LogP contribution in [0.1, 0.15) is 75.5 Å². The van der Waals surface area contributed by atoms with Crippen molar-refractivity contribution in [2.24, 2.45) is 11.8 Å². The number of carbonyl (C=O) groups is 7. The Morgan fingerprint density at radius 1 is 0.983 bits per heavy atom. The zero-order chi connectivity index (χ0) is 42.6. The van der Waals surface area contributed by atoms with E-state index in [-0.39, 0.29) is 44.6 Å². The first-order chi connectivity index (χ1) is 27.6. The molecule has 5 atom stereocenters. The van der Waals surface area contributed by atoms with Gasteiger partial charge in [-0.05, 0) is 35.8 Å². The van der Waals surface area contributed by atoms with Crippen LogP contribution in [-0.2, 0) is 51.3 Å². The molecule has 1 aromatic heterocycles. The number of amides is 5. The molecule has 0 unspecified atom stereocenters. The molecule has 5 amide bonds. The minimum Gasteiger partial charge on any atom is -0.348 e. The van der Waals surface area contributed by atoms with Crippen LogP contribution in [0.5, 0.6) is 0 Å². The van der Waals surface area contributed by atoms with E-state index in [1.165, 1.54) is 24.2 Å². The zero-order valence-electron chi connectivity index (χ0n) is 33.2. The van der Waals surface area contributed by atoms with Crippen LogP contribution >= 0.6 is 0 Å². The maximum atomic E-state index is 15.0. The molecule has 3 heterocycles. The Kier molecular flexibility index (Phi) is 16.4. The number of hydroxylamine groups is 2. The number of fused-ring (bicyclic) bond motifs is 1. The SMILES string of the molecule is CCC[C@H](NC(=O)[C@@H]1C[C@@H](OCON2CCc3ccccc3C2)CN1C(=O)[C@@H](NC(=O)[C@@H](NC(=O)c1cnccn1)C(C)C)C(C)C)C(=O)C(F)(F)C(=O)NCC=O. The Morgan fingerprint density at radius 3 is 2.33 bits per heavy atom. The second kappa shape index (κ2) is 20.9. The lowest BCUT2D eigenvalue weighted by molar-refractivity contribution is -0.241. The Bertz CT molecular complexity index is 1780. The van der Waals surface area contributed by atoms with Crippen molar-refractivity contribution in [3.05, 3.63) is 59.7 Å². The normalized spacial score (nSPS) is 18.5. The third-order valence-corrected chi connectivity index (χ3v) is 9.90. The minimum absolute atomic E-state index is 0.0253. The van der Waals surface area contributed by atoms with E-state index in [1.807, 2.05) is 24.3 Å². The van der Waals surface area contributed by atoms with Gasteiger partial charge in [-0.3, -0.25) is 38.6 Å². The van der Waals surface area contributed by atoms with E-state index in [2.05, 4.69) is 25.9 Å². The summed E-state index contributed by atoms with van der Waals surface area (Å²) in [4.78, 5) is 106. The summed E-state index contributed by atoms with van der Waals surface area (Å²) in [6.07, 6.45) is 3.84. The molecule has 316 valence electrons. The predicted octanol–water partition coefficient (Wildman–Crippen LogP) is 1.11. The van der Waals surface area contributed by atoms with E-state index in [0.29, 0.717) is 13.1 Å². The lowest BCUT2D eigenvalue weighted by Crippen LogP contribution is -2.60. The highest BCUT2D eigenvalue weighted by molar-refractivity contribution is 6.11. The Morgan fingerprint density at radius 2 is 1.69 bits per heavy atom. The van der Waals surface area contributed by atoms with E-state index in [0.717, 1.165) is 16.9 Å². The van der Waals surface area contributed by atoms with Gasteiger partial charge in [0.05, 0.1) is 24.9 Å². The summed E-state index contributed by atoms with van der Waals surface area (Å²) in [5.74, 6) is -12.5. The van der Waals surface area contributed by atoms with Crippen molar-refractivity contribution in [3.8, 4) is 0 Å². The number of rotatable bonds is 20. The van der Waals surface area contributed by atoms with E-state index in [4.69, 9.17) is 9.57 Å². The highest BCUT2D eigenvalue weighted by Gasteiger charge is 2.51. The van der Waals surface area contributed by atoms with Crippen LogP contribution < -0.4 is 21.3 Å². The van der Waals surface area contributed by atoms with Gasteiger partial charge in [0.15, 0.2) is 6.79 Å². The molecular weight excluding hydrogens is 762 g/mol. The monoisotopic (exact) mass is 814 g/mol. The van der Waals surface area contributed by atoms with Crippen LogP contribution in [0.25, 0.3) is 0 Å². The number of hydrogen-bond donors (Lipinski definition) is 4. The zero-order valence-corrected chi connectivity index (χ0v) is 33.2. The van der Waals surface area contributed by atoms with Gasteiger partial charge in [0.1, 0.15) is 30.1 Å². The van der Waals surface area contributed by atoms with E-state index < -0.39 is 89.9 Å². The van der Waals surface area contributed by atoms with Crippen LogP contribution in [-0.4, -0.2) is 124 Å². The molecular formula is C39H52F2N8O9. The van der Waals surface area contributed by atoms with E-state index in [9.17, 15) is 42.3 Å². The summed E-state index contributed by atoms with van der Waals surface area (Å²) in [6, 6.07) is 2.41. The topological polar surface area (TPSA) is 218 Å². The number of halogens is 2. The van der Waals surface area contributed by atoms with Crippen molar-refractivity contribution < 1.29 is 51.9 Å². The second-order valence-corrected chi connectivity index (χ2v) is 14.8. The lowest BCUT2D eigenvalue weighted by atomic mass is 9.98. The van der Waals surface area contributed by atoms with Gasteiger partial charge in [-0.15, -0.1) is 0 Å². The van der Waals surface area contributed by atoms with Crippen molar-refractivity contribution in [1.29, 1.82) is 0 Å². The number of hydrogen-bond acceptors (Lipinski definition) is 12. The highest BCUT2D eigenvalue weighted by Crippen LogP contribution is 2.26. The molecule has 0 radical (unpaired) electrons. The van der Waals surface area contributed by atoms with Crippen molar-refractivity contribution >= 4 is 41.6 Å². The highest BCUT2D eigenvalue weighted by atomic mass is 19.3. The van der Waals surface area contributed by atoms with Crippen molar-refractivity contribution in [3.63, 3.8) is 0 Å². The molecule has 19 heteroatoms. The number of nitrogens with one attached hydrogen (secondary N) is 4. The molecule has 17 nitrogen and oxygen atoms in total. The van der Waals surface area contributed by atoms with Crippen LogP contribution in [0.4, 0.5) is 8.78 Å². The standard InChI is InChI=1S/C39H52F2N8O9/c1-6-9-28(33(51)39(40,41)38(56)44-15-17-50)45-35(53)30-18-27(57-22-58-48-16-12-25-10-7-8-11-26(25)20-48)21-49(30)37(55)32(24(4)5)47-36(54)31(23(2)3)46-34(52)29-19-42-13-14-43-29/h7-8,10-11,13-14,17,19,23-24,27-28,30-32H,6,9,12,15-16,18,20-22H2,1-5H3,(H,44,56)(H,45,53)(H,46,52)(H,47,54)/t27-,28+,30+,31+,32+/m1/s1. The van der Waals surface area contributed by atoms with Crippen LogP contribution in [0.3, 0.4) is 0 Å². The van der Waals surface area contributed by atoms with E-state index in [1.54, 1.807) is 45.0 Å². The minimum atomic E-state index is -4.58. The van der Waals surface area contributed by atoms with Gasteiger partial charge in [0, 0.05) is 38.4 Å². The first kappa shape index (κ1) is 45.4. The van der Waals surface area contributed by atoms with Gasteiger partial charge in [0.2, 0.25) is 23.5 Å². The molecule has 2 aromatic rings. The number of aldehydes is 1. The molecule has 4 N–H and O–H groups in total. The number of nitrogens with zero attached hydrogens (tertiary/aromatic N) is 4. The second-order valence-electron chi connectivity index (χ2n) is 14.8. The van der Waals surface area contributed by atoms with Crippen LogP contribution in [0.2, 0.25) is 0 Å². The Hall–Kier alpha value is -5.27. The molecule has 58 heavy (non-hydrogen) atoms. The molecule has 0 spiro atoms. The van der Waals surface area contributed by atoms with Gasteiger partial charge in [-0.1, -0.05) is 65.3 Å². The summed E-state index contributed by atoms with van der Waals surface area (Å²) in [5.41, 5.74) is 2.28. The van der Waals surface area contributed by atoms with Crippen molar-refractivity contribution in [1.82, 2.24) is 41.2 Å². The summed E-state index contributed by atoms with van der Waals surface area (Å²) in [6.45, 7) is 8.27. The van der Waals surface area contributed by atoms with Crippen molar-refractivity contribution in [2.45, 2.75) is 103 Å². The molecule has 4 rings (SSSR count). The fourth-order valence-corrected chi connectivity index (χ4v) is 6.69. The number of ketones is 1. The Balaban J connectivity index is 1.54. The van der Waals surface area contributed by atoms with Gasteiger partial charge in [-0.25, -0.2) is 4.98 Å². The van der Waals surface area contributed by atoms with Gasteiger partial charge in [-0.2, -0.15) is 13.8 Å². The molecule has 1 aromatic carbocycles. The number of benzene rings is 1. The smallest absolute Gasteiger partial charge is 0.348 e. The average Bonchev–Trinajstić information content (AvgIpc) is 3.64. The fourth-order valence-electron chi connectivity index (χ4n) is 6.69. The van der Waals surface area contributed by atoms with Gasteiger partial charge >= 0.3 is 5.92 Å². The first-order valence-electron chi connectivity index (χ1n) is 19.3. The number of likely N-dealkylation sites (tertiary alicyclic amines) is 1. The maximum absolute atomic E-state index is 15.0. The number of aromatic nitrogens is 2. The summed E-state index contributed by atoms with van der Waals surface area (Å²) >= 11 is 0. The van der Waals surface area contributed by atoms with Crippen LogP contribution in [0, 0.1) is 11.8 Å². The Labute approximate surface area is 335 Å². The largest absolute Gasteiger partial charge is 0.383 e. The fraction of sp³-hybridized carbons (Fsp3) is 0.564. The maximum Gasteiger partial charge on any atom is 0.383 e. The van der Waals surface area contributed by atoms with Crippen molar-refractivity contribution in [2.75, 3.05) is 26.4 Å². The number of carbonyl (C=O) groups excluding carboxylic acids is 7. The third-order valence-electron chi connectivity index (χ3n) is 9.90. The quantitative estimate of drug-likeness (QED) is 0.0840. The first-order valence-corrected chi connectivity index (χ1v) is 19.3. The van der Waals surface area contributed by atoms with Gasteiger partial charge in [0.25, 0.3) is 11.8 Å². The van der Waals surface area contributed by atoms with E-state index >= 15 is 0 Å². The summed E-state index contributed by atoms with van der Waals surface area (Å²) in [7, 11) is 0. The summed E-state index contributed by atoms with van der Waals surface area (Å²) in [5, 5.41) is 11.1. The molecule has 2 aliphatic rings. The molecule has 1 fully saturated rings. The number of Topliss-reactive ketones (excluding diaryl/α,β-unsaturated/α-hetero) is 1. The number of alkyl halides is 2. The molecule has 0 aliphatic carbocycles. The lowest BCUT2D eigenvalue weighted by Gasteiger charge is -2.32. The molecule has 0 bridgehead atoms. The predicted molar refractivity (Wildman–Crippen MR) is 202 cm³/mol. The average molecular weight is 815 g/mol. The summed E-state index contributed by atoms with van der Waals surface area (Å²) < 4.78 is 36.0. The molecule has 1 saturated heterocycles. The molecule has 0 saturated carbocycles. The molecule has 2 aliphatic heterocycles. The third kappa shape index (κ3) is 11.7. The van der Waals surface area contributed by atoms with Crippen LogP contribution in [0.15, 0.2) is 42.9 Å². The number of ether oxygens (including phenoxy) is 1.